The summed E-state index contributed by atoms with van der Waals surface area (Å²) in [4.78, 5) is 0. The molecule has 0 atom stereocenters. The Morgan fingerprint density at radius 3 is 2.56 bits per heavy atom. The molecule has 0 amide bonds. The minimum Gasteiger partial charge on any atom is -0.381 e. The van der Waals surface area contributed by atoms with Crippen LogP contribution in [0.4, 0.5) is 0 Å². The first-order valence-electron chi connectivity index (χ1n) is 6.84. The minimum atomic E-state index is 0.561. The van der Waals surface area contributed by atoms with Crippen molar-refractivity contribution in [2.24, 2.45) is 0 Å². The fourth-order valence-corrected chi connectivity index (χ4v) is 2.39. The van der Waals surface area contributed by atoms with Crippen LogP contribution in [0.5, 0.6) is 0 Å². The van der Waals surface area contributed by atoms with Gasteiger partial charge in [0.2, 0.25) is 0 Å². The third-order valence-corrected chi connectivity index (χ3v) is 3.48. The van der Waals surface area contributed by atoms with E-state index in [1.54, 1.807) is 11.3 Å². The predicted octanol–water partition coefficient (Wildman–Crippen LogP) is 2.44. The number of hydrogen-bond acceptors (Lipinski definition) is 5. The molecule has 0 saturated heterocycles. The zero-order valence-corrected chi connectivity index (χ0v) is 12.6. The molecule has 4 nitrogen and oxygen atoms in total. The molecule has 1 rings (SSSR count). The van der Waals surface area contributed by atoms with Crippen LogP contribution < -0.4 is 5.32 Å². The maximum absolute atomic E-state index is 5.45. The van der Waals surface area contributed by atoms with Gasteiger partial charge in [0.25, 0.3) is 0 Å². The molecule has 0 spiro atoms. The van der Waals surface area contributed by atoms with Crippen LogP contribution in [0, 0.1) is 0 Å². The number of ether oxygens (including phenoxy) is 1. The van der Waals surface area contributed by atoms with Gasteiger partial charge in [0.1, 0.15) is 10.0 Å². The molecule has 5 heteroatoms. The molecule has 0 aromatic carbocycles. The van der Waals surface area contributed by atoms with Crippen LogP contribution in [0.25, 0.3) is 0 Å². The fourth-order valence-electron chi connectivity index (χ4n) is 1.53. The minimum absolute atomic E-state index is 0.561. The van der Waals surface area contributed by atoms with Gasteiger partial charge in [-0.05, 0) is 19.4 Å². The standard InChI is InChI=1S/C13H25N3OS/c1-4-9-17-10-7-13-16-15-12(18-13)6-5-8-14-11(2)3/h11,14H,4-10H2,1-3H3. The van der Waals surface area contributed by atoms with Crippen molar-refractivity contribution in [2.75, 3.05) is 19.8 Å². The summed E-state index contributed by atoms with van der Waals surface area (Å²) in [5.41, 5.74) is 0. The summed E-state index contributed by atoms with van der Waals surface area (Å²) >= 11 is 1.72. The fraction of sp³-hybridized carbons (Fsp3) is 0.846. The highest BCUT2D eigenvalue weighted by Gasteiger charge is 2.04. The second kappa shape index (κ2) is 9.42. The van der Waals surface area contributed by atoms with E-state index in [2.05, 4.69) is 36.3 Å². The van der Waals surface area contributed by atoms with Gasteiger partial charge in [-0.2, -0.15) is 0 Å². The third-order valence-electron chi connectivity index (χ3n) is 2.44. The maximum Gasteiger partial charge on any atom is 0.119 e. The summed E-state index contributed by atoms with van der Waals surface area (Å²) in [6, 6.07) is 0.561. The summed E-state index contributed by atoms with van der Waals surface area (Å²) in [7, 11) is 0. The van der Waals surface area contributed by atoms with Gasteiger partial charge in [-0.25, -0.2) is 0 Å². The normalized spacial score (nSPS) is 11.3. The van der Waals surface area contributed by atoms with Crippen LogP contribution in [0.1, 0.15) is 43.6 Å². The largest absolute Gasteiger partial charge is 0.381 e. The molecule has 1 aromatic rings. The van der Waals surface area contributed by atoms with Crippen LogP contribution in [-0.2, 0) is 17.6 Å². The van der Waals surface area contributed by atoms with E-state index in [0.717, 1.165) is 55.5 Å². The van der Waals surface area contributed by atoms with E-state index in [1.807, 2.05) is 0 Å². The lowest BCUT2D eigenvalue weighted by atomic mass is 10.3. The Kier molecular flexibility index (Phi) is 8.13. The first kappa shape index (κ1) is 15.5. The molecule has 1 aromatic heterocycles. The molecule has 0 aliphatic carbocycles. The topological polar surface area (TPSA) is 47.0 Å². The van der Waals surface area contributed by atoms with E-state index in [4.69, 9.17) is 4.74 Å². The Morgan fingerprint density at radius 1 is 1.17 bits per heavy atom. The van der Waals surface area contributed by atoms with Crippen molar-refractivity contribution >= 4 is 11.3 Å². The second-order valence-corrected chi connectivity index (χ2v) is 5.81. The highest BCUT2D eigenvalue weighted by molar-refractivity contribution is 7.11. The summed E-state index contributed by atoms with van der Waals surface area (Å²) in [6.07, 6.45) is 4.11. The lowest BCUT2D eigenvalue weighted by molar-refractivity contribution is 0.138. The number of rotatable bonds is 10. The van der Waals surface area contributed by atoms with Crippen LogP contribution in [-0.4, -0.2) is 36.0 Å². The van der Waals surface area contributed by atoms with Gasteiger partial charge < -0.3 is 10.1 Å². The molecule has 0 radical (unpaired) electrons. The molecule has 18 heavy (non-hydrogen) atoms. The first-order chi connectivity index (χ1) is 8.72. The monoisotopic (exact) mass is 271 g/mol. The SMILES string of the molecule is CCCOCCc1nnc(CCCNC(C)C)s1. The van der Waals surface area contributed by atoms with Crippen molar-refractivity contribution in [3.63, 3.8) is 0 Å². The summed E-state index contributed by atoms with van der Waals surface area (Å²) in [5, 5.41) is 14.1. The molecule has 0 aliphatic heterocycles. The lowest BCUT2D eigenvalue weighted by Gasteiger charge is -2.05. The molecular weight excluding hydrogens is 246 g/mol. The second-order valence-electron chi connectivity index (χ2n) is 4.66. The Balaban J connectivity index is 2.13. The van der Waals surface area contributed by atoms with E-state index in [9.17, 15) is 0 Å². The van der Waals surface area contributed by atoms with E-state index in [1.165, 1.54) is 0 Å². The summed E-state index contributed by atoms with van der Waals surface area (Å²) < 4.78 is 5.45. The Labute approximate surface area is 114 Å². The highest BCUT2D eigenvalue weighted by Crippen LogP contribution is 2.12. The van der Waals surface area contributed by atoms with Crippen molar-refractivity contribution < 1.29 is 4.74 Å². The van der Waals surface area contributed by atoms with Gasteiger partial charge >= 0.3 is 0 Å². The number of nitrogens with zero attached hydrogens (tertiary/aromatic N) is 2. The number of aromatic nitrogens is 2. The van der Waals surface area contributed by atoms with Gasteiger partial charge in [0, 0.05) is 25.5 Å². The molecule has 1 heterocycles. The Hall–Kier alpha value is -0.520. The molecule has 0 bridgehead atoms. The molecular formula is C13H25N3OS. The Morgan fingerprint density at radius 2 is 1.89 bits per heavy atom. The van der Waals surface area contributed by atoms with E-state index in [-0.39, 0.29) is 0 Å². The van der Waals surface area contributed by atoms with Crippen LogP contribution in [0.3, 0.4) is 0 Å². The molecule has 0 aliphatic rings. The third kappa shape index (κ3) is 7.03. The zero-order chi connectivity index (χ0) is 13.2. The van der Waals surface area contributed by atoms with Crippen LogP contribution in [0.15, 0.2) is 0 Å². The first-order valence-corrected chi connectivity index (χ1v) is 7.66. The van der Waals surface area contributed by atoms with Crippen molar-refractivity contribution in [2.45, 2.75) is 52.5 Å². The van der Waals surface area contributed by atoms with Gasteiger partial charge in [-0.3, -0.25) is 0 Å². The van der Waals surface area contributed by atoms with E-state index < -0.39 is 0 Å². The average Bonchev–Trinajstić information content (AvgIpc) is 2.78. The maximum atomic E-state index is 5.45. The van der Waals surface area contributed by atoms with Crippen molar-refractivity contribution in [1.82, 2.24) is 15.5 Å². The quantitative estimate of drug-likeness (QED) is 0.664. The average molecular weight is 271 g/mol. The lowest BCUT2D eigenvalue weighted by Crippen LogP contribution is -2.23. The summed E-state index contributed by atoms with van der Waals surface area (Å²) in [6.45, 7) is 9.10. The highest BCUT2D eigenvalue weighted by atomic mass is 32.1. The Bertz CT molecular complexity index is 315. The smallest absolute Gasteiger partial charge is 0.119 e. The van der Waals surface area contributed by atoms with Gasteiger partial charge in [-0.15, -0.1) is 21.5 Å². The molecule has 1 N–H and O–H groups in total. The molecule has 0 unspecified atom stereocenters. The van der Waals surface area contributed by atoms with E-state index >= 15 is 0 Å². The van der Waals surface area contributed by atoms with Crippen molar-refractivity contribution in [3.8, 4) is 0 Å². The number of hydrogen-bond donors (Lipinski definition) is 1. The van der Waals surface area contributed by atoms with Gasteiger partial charge in [-0.1, -0.05) is 20.8 Å². The van der Waals surface area contributed by atoms with Crippen LogP contribution >= 0.6 is 11.3 Å². The molecule has 0 saturated carbocycles. The molecule has 0 fully saturated rings. The van der Waals surface area contributed by atoms with Gasteiger partial charge in [0.05, 0.1) is 6.61 Å². The zero-order valence-electron chi connectivity index (χ0n) is 11.7. The van der Waals surface area contributed by atoms with Gasteiger partial charge in [0.15, 0.2) is 0 Å². The molecule has 104 valence electrons. The van der Waals surface area contributed by atoms with Crippen molar-refractivity contribution in [1.29, 1.82) is 0 Å². The van der Waals surface area contributed by atoms with E-state index in [0.29, 0.717) is 6.04 Å². The number of nitrogens with one attached hydrogen (secondary N) is 1. The predicted molar refractivity (Wildman–Crippen MR) is 76.2 cm³/mol. The summed E-state index contributed by atoms with van der Waals surface area (Å²) in [5.74, 6) is 0. The van der Waals surface area contributed by atoms with Crippen LogP contribution in [0.2, 0.25) is 0 Å². The van der Waals surface area contributed by atoms with Crippen molar-refractivity contribution in [3.05, 3.63) is 10.0 Å². The number of aryl methyl sites for hydroxylation is 1.